The fraction of sp³-hybridized carbons (Fsp3) is 0.167. The van der Waals surface area contributed by atoms with Crippen molar-refractivity contribution in [1.82, 2.24) is 15.5 Å². The van der Waals surface area contributed by atoms with Crippen molar-refractivity contribution in [1.29, 1.82) is 0 Å². The third-order valence-corrected chi connectivity index (χ3v) is 3.05. The van der Waals surface area contributed by atoms with Crippen LogP contribution in [0.15, 0.2) is 16.5 Å². The fourth-order valence-electron chi connectivity index (χ4n) is 1.62. The van der Waals surface area contributed by atoms with Crippen LogP contribution in [0.4, 0.5) is 0 Å². The lowest BCUT2D eigenvalue weighted by molar-refractivity contribution is 0.0694. The molecular weight excluding hydrogens is 321 g/mol. The van der Waals surface area contributed by atoms with E-state index in [-0.39, 0.29) is 33.7 Å². The van der Waals surface area contributed by atoms with Crippen LogP contribution in [0.5, 0.6) is 0 Å². The topological polar surface area (TPSA) is 105 Å². The summed E-state index contributed by atoms with van der Waals surface area (Å²) in [6.07, 6.45) is 0. The molecule has 0 aliphatic rings. The number of carboxylic acids is 1. The van der Waals surface area contributed by atoms with Crippen LogP contribution in [0.25, 0.3) is 0 Å². The van der Waals surface area contributed by atoms with Gasteiger partial charge in [-0.25, -0.2) is 4.79 Å². The first-order valence-electron chi connectivity index (χ1n) is 5.68. The van der Waals surface area contributed by atoms with Gasteiger partial charge in [0.1, 0.15) is 17.1 Å². The van der Waals surface area contributed by atoms with Gasteiger partial charge in [0.25, 0.3) is 5.91 Å². The largest absolute Gasteiger partial charge is 0.478 e. The Morgan fingerprint density at radius 1 is 1.29 bits per heavy atom. The van der Waals surface area contributed by atoms with Crippen molar-refractivity contribution >= 4 is 35.1 Å². The van der Waals surface area contributed by atoms with Gasteiger partial charge in [-0.05, 0) is 19.1 Å². The molecule has 7 nitrogen and oxygen atoms in total. The van der Waals surface area contributed by atoms with Gasteiger partial charge in [0, 0.05) is 0 Å². The maximum absolute atomic E-state index is 11.9. The molecule has 0 saturated carbocycles. The number of aryl methyl sites for hydroxylation is 1. The zero-order valence-corrected chi connectivity index (χ0v) is 12.2. The molecule has 0 spiro atoms. The van der Waals surface area contributed by atoms with Crippen LogP contribution < -0.4 is 5.32 Å². The highest BCUT2D eigenvalue weighted by atomic mass is 35.5. The van der Waals surface area contributed by atoms with Crippen LogP contribution in [0, 0.1) is 6.92 Å². The summed E-state index contributed by atoms with van der Waals surface area (Å²) in [4.78, 5) is 22.8. The van der Waals surface area contributed by atoms with Gasteiger partial charge < -0.3 is 14.8 Å². The van der Waals surface area contributed by atoms with Crippen molar-refractivity contribution in [2.45, 2.75) is 13.5 Å². The molecule has 0 aliphatic heterocycles. The van der Waals surface area contributed by atoms with Crippen LogP contribution in [-0.2, 0) is 6.54 Å². The summed E-state index contributed by atoms with van der Waals surface area (Å²) in [6, 6.07) is 2.62. The molecular formula is C12H9Cl2N3O4. The Balaban J connectivity index is 2.09. The molecule has 0 radical (unpaired) electrons. The van der Waals surface area contributed by atoms with Crippen molar-refractivity contribution in [2.24, 2.45) is 0 Å². The molecule has 0 unspecified atom stereocenters. The number of hydrogen-bond donors (Lipinski definition) is 2. The maximum atomic E-state index is 11.9. The van der Waals surface area contributed by atoms with Gasteiger partial charge in [-0.3, -0.25) is 4.79 Å². The minimum Gasteiger partial charge on any atom is -0.478 e. The molecule has 0 saturated heterocycles. The van der Waals surface area contributed by atoms with Crippen molar-refractivity contribution in [2.75, 3.05) is 0 Å². The Hall–Kier alpha value is -2.12. The summed E-state index contributed by atoms with van der Waals surface area (Å²) in [5.41, 5.74) is 0.115. The van der Waals surface area contributed by atoms with E-state index in [2.05, 4.69) is 15.5 Å². The second-order valence-electron chi connectivity index (χ2n) is 4.04. The molecule has 21 heavy (non-hydrogen) atoms. The van der Waals surface area contributed by atoms with E-state index in [1.54, 1.807) is 0 Å². The van der Waals surface area contributed by atoms with Crippen molar-refractivity contribution < 1.29 is 19.1 Å². The first-order chi connectivity index (χ1) is 9.88. The molecule has 2 rings (SSSR count). The summed E-state index contributed by atoms with van der Waals surface area (Å²) in [6.45, 7) is 1.53. The van der Waals surface area contributed by atoms with Gasteiger partial charge >= 0.3 is 5.97 Å². The van der Waals surface area contributed by atoms with E-state index >= 15 is 0 Å². The third kappa shape index (κ3) is 3.50. The lowest BCUT2D eigenvalue weighted by atomic mass is 10.2. The fourth-order valence-corrected chi connectivity index (χ4v) is 1.94. The normalized spacial score (nSPS) is 10.4. The number of amides is 1. The second-order valence-corrected chi connectivity index (χ2v) is 4.79. The maximum Gasteiger partial charge on any atom is 0.339 e. The number of rotatable bonds is 4. The monoisotopic (exact) mass is 329 g/mol. The molecule has 1 amide bonds. The van der Waals surface area contributed by atoms with E-state index in [1.807, 2.05) is 0 Å². The summed E-state index contributed by atoms with van der Waals surface area (Å²) in [5, 5.41) is 18.4. The van der Waals surface area contributed by atoms with E-state index < -0.39 is 11.9 Å². The first-order valence-corrected chi connectivity index (χ1v) is 6.43. The van der Waals surface area contributed by atoms with Crippen LogP contribution in [0.3, 0.4) is 0 Å². The van der Waals surface area contributed by atoms with Gasteiger partial charge in [0.05, 0.1) is 12.1 Å². The van der Waals surface area contributed by atoms with Gasteiger partial charge in [-0.15, -0.1) is 10.2 Å². The molecule has 110 valence electrons. The van der Waals surface area contributed by atoms with Crippen molar-refractivity contribution in [3.8, 4) is 0 Å². The Morgan fingerprint density at radius 2 is 2.00 bits per heavy atom. The number of nitrogens with zero attached hydrogens (tertiary/aromatic N) is 2. The molecule has 0 atom stereocenters. The number of carbonyl (C=O) groups is 2. The minimum absolute atomic E-state index is 0.00320. The highest BCUT2D eigenvalue weighted by molar-refractivity contribution is 6.34. The summed E-state index contributed by atoms with van der Waals surface area (Å²) in [7, 11) is 0. The van der Waals surface area contributed by atoms with E-state index in [0.29, 0.717) is 5.76 Å². The third-order valence-electron chi connectivity index (χ3n) is 2.59. The van der Waals surface area contributed by atoms with Crippen molar-refractivity contribution in [3.63, 3.8) is 0 Å². The predicted molar refractivity (Wildman–Crippen MR) is 73.6 cm³/mol. The quantitative estimate of drug-likeness (QED) is 0.891. The highest BCUT2D eigenvalue weighted by Crippen LogP contribution is 2.17. The van der Waals surface area contributed by atoms with Crippen LogP contribution in [0.2, 0.25) is 10.3 Å². The number of furan rings is 1. The molecule has 2 N–H and O–H groups in total. The van der Waals surface area contributed by atoms with Crippen LogP contribution in [-0.4, -0.2) is 27.2 Å². The Labute approximate surface area is 128 Å². The molecule has 2 aromatic rings. The average Bonchev–Trinajstić information content (AvgIpc) is 2.80. The average molecular weight is 330 g/mol. The number of carbonyl (C=O) groups excluding carboxylic acids is 1. The highest BCUT2D eigenvalue weighted by Gasteiger charge is 2.16. The van der Waals surface area contributed by atoms with Gasteiger partial charge in [-0.2, -0.15) is 0 Å². The van der Waals surface area contributed by atoms with E-state index in [4.69, 9.17) is 32.7 Å². The van der Waals surface area contributed by atoms with E-state index in [0.717, 1.165) is 0 Å². The summed E-state index contributed by atoms with van der Waals surface area (Å²) >= 11 is 11.4. The summed E-state index contributed by atoms with van der Waals surface area (Å²) < 4.78 is 5.23. The molecule has 9 heteroatoms. The van der Waals surface area contributed by atoms with E-state index in [1.165, 1.54) is 19.1 Å². The molecule has 0 bridgehead atoms. The molecule has 0 aromatic carbocycles. The number of carboxylic acid groups (broad SMARTS) is 1. The molecule has 0 aliphatic carbocycles. The van der Waals surface area contributed by atoms with Crippen molar-refractivity contribution in [3.05, 3.63) is 45.1 Å². The van der Waals surface area contributed by atoms with E-state index in [9.17, 15) is 9.59 Å². The Morgan fingerprint density at radius 3 is 2.62 bits per heavy atom. The SMILES string of the molecule is Cc1oc(CNC(=O)c2cc(Cl)nnc2Cl)cc1C(=O)O. The van der Waals surface area contributed by atoms with Gasteiger partial charge in [0.2, 0.25) is 0 Å². The number of aromatic nitrogens is 2. The number of nitrogens with one attached hydrogen (secondary N) is 1. The molecule has 0 fully saturated rings. The molecule has 2 heterocycles. The molecule has 2 aromatic heterocycles. The van der Waals surface area contributed by atoms with Gasteiger partial charge in [-0.1, -0.05) is 23.2 Å². The predicted octanol–water partition coefficient (Wildman–Crippen LogP) is 2.31. The zero-order valence-electron chi connectivity index (χ0n) is 10.7. The lowest BCUT2D eigenvalue weighted by Crippen LogP contribution is -2.23. The zero-order chi connectivity index (χ0) is 15.6. The standard InChI is InChI=1S/C12H9Cl2N3O4/c1-5-7(12(19)20)2-6(21-5)4-15-11(18)8-3-9(13)16-17-10(8)14/h2-3H,4H2,1H3,(H,15,18)(H,19,20). The van der Waals surface area contributed by atoms with Crippen LogP contribution >= 0.6 is 23.2 Å². The Bertz CT molecular complexity index is 715. The van der Waals surface area contributed by atoms with Crippen LogP contribution in [0.1, 0.15) is 32.2 Å². The number of halogens is 2. The first kappa shape index (κ1) is 15.3. The number of aromatic carboxylic acids is 1. The smallest absolute Gasteiger partial charge is 0.339 e. The lowest BCUT2D eigenvalue weighted by Gasteiger charge is -2.04. The summed E-state index contributed by atoms with van der Waals surface area (Å²) in [5.74, 6) is -1.05. The number of hydrogen-bond acceptors (Lipinski definition) is 5. The minimum atomic E-state index is -1.10. The Kier molecular flexibility index (Phi) is 4.44. The van der Waals surface area contributed by atoms with Gasteiger partial charge in [0.15, 0.2) is 10.3 Å². The second kappa shape index (κ2) is 6.11.